The monoisotopic (exact) mass is 404 g/mol. The Bertz CT molecular complexity index is 809. The Balaban J connectivity index is 1.78. The molecule has 0 fully saturated rings. The molecule has 1 aromatic heterocycles. The molecule has 0 bridgehead atoms. The zero-order chi connectivity index (χ0) is 17.1. The van der Waals surface area contributed by atoms with Crippen LogP contribution in [0, 0.1) is 0 Å². The molecule has 1 heterocycles. The van der Waals surface area contributed by atoms with Gasteiger partial charge in [0.1, 0.15) is 5.00 Å². The minimum atomic E-state index is -0.471. The lowest BCUT2D eigenvalue weighted by molar-refractivity contribution is -0.111. The molecule has 124 valence electrons. The molecule has 2 aromatic rings. The van der Waals surface area contributed by atoms with Crippen LogP contribution < -0.4 is 11.1 Å². The van der Waals surface area contributed by atoms with Crippen molar-refractivity contribution in [3.63, 3.8) is 0 Å². The normalized spacial score (nSPS) is 13.7. The van der Waals surface area contributed by atoms with E-state index in [0.717, 1.165) is 41.3 Å². The van der Waals surface area contributed by atoms with E-state index in [9.17, 15) is 9.59 Å². The van der Waals surface area contributed by atoms with Crippen molar-refractivity contribution in [3.8, 4) is 0 Å². The molecule has 0 radical (unpaired) electrons. The first kappa shape index (κ1) is 16.9. The molecule has 0 aliphatic heterocycles. The van der Waals surface area contributed by atoms with Crippen LogP contribution in [0.5, 0.6) is 0 Å². The summed E-state index contributed by atoms with van der Waals surface area (Å²) in [6.45, 7) is 0. The number of aryl methyl sites for hydroxylation is 1. The smallest absolute Gasteiger partial charge is 0.251 e. The molecule has 6 heteroatoms. The molecular formula is C18H17BrN2O2S. The van der Waals surface area contributed by atoms with E-state index in [0.29, 0.717) is 10.6 Å². The number of benzene rings is 1. The van der Waals surface area contributed by atoms with Gasteiger partial charge in [0.25, 0.3) is 5.91 Å². The van der Waals surface area contributed by atoms with Crippen molar-refractivity contribution in [2.45, 2.75) is 25.7 Å². The highest BCUT2D eigenvalue weighted by molar-refractivity contribution is 9.10. The summed E-state index contributed by atoms with van der Waals surface area (Å²) in [6.07, 6.45) is 7.18. The van der Waals surface area contributed by atoms with Crippen molar-refractivity contribution in [3.05, 3.63) is 56.4 Å². The molecule has 0 saturated heterocycles. The number of primary amides is 1. The lowest BCUT2D eigenvalue weighted by Gasteiger charge is -2.11. The lowest BCUT2D eigenvalue weighted by atomic mass is 9.95. The van der Waals surface area contributed by atoms with Gasteiger partial charge in [-0.1, -0.05) is 28.1 Å². The summed E-state index contributed by atoms with van der Waals surface area (Å²) in [5.74, 6) is -0.736. The molecule has 1 aliphatic carbocycles. The van der Waals surface area contributed by atoms with Crippen LogP contribution in [0.15, 0.2) is 34.8 Å². The molecule has 4 nitrogen and oxygen atoms in total. The first-order chi connectivity index (χ1) is 11.5. The number of thiophene rings is 1. The Morgan fingerprint density at radius 2 is 1.88 bits per heavy atom. The molecule has 24 heavy (non-hydrogen) atoms. The van der Waals surface area contributed by atoms with Gasteiger partial charge in [0.15, 0.2) is 0 Å². The second-order valence-corrected chi connectivity index (χ2v) is 7.67. The molecule has 1 aromatic carbocycles. The Morgan fingerprint density at radius 1 is 1.17 bits per heavy atom. The van der Waals surface area contributed by atoms with Crippen LogP contribution in [-0.4, -0.2) is 11.8 Å². The predicted octanol–water partition coefficient (Wildman–Crippen LogP) is 4.14. The fraction of sp³-hybridized carbons (Fsp3) is 0.222. The third-order valence-corrected chi connectivity index (χ3v) is 5.69. The van der Waals surface area contributed by atoms with E-state index in [1.54, 1.807) is 6.08 Å². The van der Waals surface area contributed by atoms with Gasteiger partial charge in [-0.25, -0.2) is 0 Å². The molecular weight excluding hydrogens is 388 g/mol. The lowest BCUT2D eigenvalue weighted by Crippen LogP contribution is -2.17. The number of carbonyl (C=O) groups excluding carboxylic acids is 2. The Kier molecular flexibility index (Phi) is 5.16. The highest BCUT2D eigenvalue weighted by Crippen LogP contribution is 2.37. The van der Waals surface area contributed by atoms with Gasteiger partial charge in [0, 0.05) is 15.4 Å². The number of amides is 2. The van der Waals surface area contributed by atoms with Crippen LogP contribution in [0.1, 0.15) is 39.2 Å². The molecule has 0 atom stereocenters. The predicted molar refractivity (Wildman–Crippen MR) is 101 cm³/mol. The summed E-state index contributed by atoms with van der Waals surface area (Å²) in [4.78, 5) is 25.2. The number of hydrogen-bond acceptors (Lipinski definition) is 3. The summed E-state index contributed by atoms with van der Waals surface area (Å²) < 4.78 is 0.986. The van der Waals surface area contributed by atoms with Crippen molar-refractivity contribution in [1.82, 2.24) is 0 Å². The molecule has 0 spiro atoms. The summed E-state index contributed by atoms with van der Waals surface area (Å²) in [7, 11) is 0. The van der Waals surface area contributed by atoms with Crippen LogP contribution in [-0.2, 0) is 17.6 Å². The minimum Gasteiger partial charge on any atom is -0.365 e. The standard InChI is InChI=1S/C18H17BrN2O2S/c19-12-8-5-11(6-9-12)7-10-15(22)21-18-16(17(20)23)13-3-1-2-4-14(13)24-18/h5-10H,1-4H2,(H2,20,23)(H,21,22)/b10-7+. The molecule has 0 saturated carbocycles. The highest BCUT2D eigenvalue weighted by atomic mass is 79.9. The van der Waals surface area contributed by atoms with Gasteiger partial charge in [0.05, 0.1) is 5.56 Å². The maximum atomic E-state index is 12.2. The average molecular weight is 405 g/mol. The molecule has 1 aliphatic rings. The number of fused-ring (bicyclic) bond motifs is 1. The van der Waals surface area contributed by atoms with E-state index < -0.39 is 5.91 Å². The van der Waals surface area contributed by atoms with Crippen LogP contribution in [0.3, 0.4) is 0 Å². The van der Waals surface area contributed by atoms with E-state index in [2.05, 4.69) is 21.2 Å². The fourth-order valence-corrected chi connectivity index (χ4v) is 4.38. The van der Waals surface area contributed by atoms with Gasteiger partial charge in [-0.05, 0) is 55.0 Å². The topological polar surface area (TPSA) is 72.2 Å². The SMILES string of the molecule is NC(=O)c1c(NC(=O)/C=C/c2ccc(Br)cc2)sc2c1CCCC2. The largest absolute Gasteiger partial charge is 0.365 e. The first-order valence-corrected chi connectivity index (χ1v) is 9.34. The number of halogens is 1. The number of carbonyl (C=O) groups is 2. The number of anilines is 1. The summed E-state index contributed by atoms with van der Waals surface area (Å²) in [5.41, 5.74) is 7.96. The molecule has 3 rings (SSSR count). The number of rotatable bonds is 4. The zero-order valence-corrected chi connectivity index (χ0v) is 15.4. The third-order valence-electron chi connectivity index (χ3n) is 3.95. The number of nitrogens with two attached hydrogens (primary N) is 1. The quantitative estimate of drug-likeness (QED) is 0.751. The van der Waals surface area contributed by atoms with Gasteiger partial charge in [0.2, 0.25) is 5.91 Å². The van der Waals surface area contributed by atoms with Crippen LogP contribution >= 0.6 is 27.3 Å². The van der Waals surface area contributed by atoms with Gasteiger partial charge in [-0.15, -0.1) is 11.3 Å². The van der Waals surface area contributed by atoms with Crippen molar-refractivity contribution < 1.29 is 9.59 Å². The summed E-state index contributed by atoms with van der Waals surface area (Å²) >= 11 is 4.84. The highest BCUT2D eigenvalue weighted by Gasteiger charge is 2.24. The summed E-state index contributed by atoms with van der Waals surface area (Å²) in [5, 5.41) is 3.38. The Hall–Kier alpha value is -1.92. The maximum Gasteiger partial charge on any atom is 0.251 e. The van der Waals surface area contributed by atoms with E-state index >= 15 is 0 Å². The molecule has 3 N–H and O–H groups in total. The van der Waals surface area contributed by atoms with Crippen molar-refractivity contribution in [1.29, 1.82) is 0 Å². The number of hydrogen-bond donors (Lipinski definition) is 2. The molecule has 0 unspecified atom stereocenters. The van der Waals surface area contributed by atoms with Crippen molar-refractivity contribution in [2.75, 3.05) is 5.32 Å². The zero-order valence-electron chi connectivity index (χ0n) is 13.0. The fourth-order valence-electron chi connectivity index (χ4n) is 2.81. The maximum absolute atomic E-state index is 12.2. The molecule has 2 amide bonds. The second-order valence-electron chi connectivity index (χ2n) is 5.65. The van der Waals surface area contributed by atoms with E-state index in [1.165, 1.54) is 22.3 Å². The second kappa shape index (κ2) is 7.32. The van der Waals surface area contributed by atoms with Crippen LogP contribution in [0.2, 0.25) is 0 Å². The number of nitrogens with one attached hydrogen (secondary N) is 1. The Morgan fingerprint density at radius 3 is 2.58 bits per heavy atom. The first-order valence-electron chi connectivity index (χ1n) is 7.73. The van der Waals surface area contributed by atoms with Gasteiger partial charge >= 0.3 is 0 Å². The van der Waals surface area contributed by atoms with Gasteiger partial charge in [-0.2, -0.15) is 0 Å². The van der Waals surface area contributed by atoms with Gasteiger partial charge < -0.3 is 11.1 Å². The van der Waals surface area contributed by atoms with Crippen LogP contribution in [0.25, 0.3) is 6.08 Å². The third kappa shape index (κ3) is 3.76. The van der Waals surface area contributed by atoms with Gasteiger partial charge in [-0.3, -0.25) is 9.59 Å². The average Bonchev–Trinajstić information content (AvgIpc) is 2.92. The van der Waals surface area contributed by atoms with Crippen LogP contribution in [0.4, 0.5) is 5.00 Å². The van der Waals surface area contributed by atoms with Crippen molar-refractivity contribution >= 4 is 50.2 Å². The summed E-state index contributed by atoms with van der Waals surface area (Å²) in [6, 6.07) is 7.64. The Labute approximate surface area is 152 Å². The minimum absolute atomic E-state index is 0.265. The van der Waals surface area contributed by atoms with Crippen molar-refractivity contribution in [2.24, 2.45) is 5.73 Å². The van der Waals surface area contributed by atoms with E-state index in [-0.39, 0.29) is 5.91 Å². The van der Waals surface area contributed by atoms with E-state index in [1.807, 2.05) is 24.3 Å². The van der Waals surface area contributed by atoms with E-state index in [4.69, 9.17) is 5.73 Å².